The van der Waals surface area contributed by atoms with Gasteiger partial charge in [0.2, 0.25) is 0 Å². The average molecular weight is 581 g/mol. The Kier molecular flexibility index (Phi) is 12.0. The number of nitrogens with two attached hydrogens (primary N) is 1. The van der Waals surface area contributed by atoms with Gasteiger partial charge in [-0.15, -0.1) is 0 Å². The Morgan fingerprint density at radius 2 is 1.81 bits per heavy atom. The summed E-state index contributed by atoms with van der Waals surface area (Å²) in [6.07, 6.45) is 2.98. The summed E-state index contributed by atoms with van der Waals surface area (Å²) in [6.45, 7) is 8.49. The number of ketones is 2. The van der Waals surface area contributed by atoms with E-state index in [4.69, 9.17) is 11.1 Å². The highest BCUT2D eigenvalue weighted by atomic mass is 79.9. The number of allylic oxidation sites excluding steroid dienone is 2. The molecule has 5 N–H and O–H groups in total. The standard InChI is InChI=1S/C27H38BrN3O6/c1-15(9-16(2)11-18(4)33)10-17(3)26(37)27(14-32,31(6)23(35)13-29)24(25(36)19(5)30)20-7-8-22(34)21(28)12-20/h7-9,12-14,16-19,24,29,33-34H,10-11,30H2,1-6H3. The number of hydrogen-bond donors (Lipinski definition) is 4. The van der Waals surface area contributed by atoms with E-state index in [9.17, 15) is 29.4 Å². The summed E-state index contributed by atoms with van der Waals surface area (Å²) in [5, 5.41) is 27.1. The van der Waals surface area contributed by atoms with Crippen LogP contribution in [0.2, 0.25) is 0 Å². The summed E-state index contributed by atoms with van der Waals surface area (Å²) in [5.41, 5.74) is 4.67. The van der Waals surface area contributed by atoms with Crippen molar-refractivity contribution in [3.63, 3.8) is 0 Å². The number of rotatable bonds is 14. The number of aliphatic hydroxyl groups excluding tert-OH is 1. The van der Waals surface area contributed by atoms with Crippen LogP contribution in [0.1, 0.15) is 58.9 Å². The molecule has 0 fully saturated rings. The van der Waals surface area contributed by atoms with Crippen LogP contribution in [-0.2, 0) is 19.2 Å². The molecule has 204 valence electrons. The number of carbonyl (C=O) groups excluding carboxylic acids is 4. The monoisotopic (exact) mass is 579 g/mol. The van der Waals surface area contributed by atoms with E-state index in [-0.39, 0.29) is 34.4 Å². The summed E-state index contributed by atoms with van der Waals surface area (Å²) in [6, 6.07) is 3.01. The number of halogens is 1. The second kappa shape index (κ2) is 13.7. The Morgan fingerprint density at radius 1 is 1.22 bits per heavy atom. The fourth-order valence-electron chi connectivity index (χ4n) is 4.72. The first-order valence-electron chi connectivity index (χ1n) is 12.1. The Balaban J connectivity index is 3.78. The number of hydrogen-bond acceptors (Lipinski definition) is 8. The smallest absolute Gasteiger partial charge is 0.265 e. The van der Waals surface area contributed by atoms with Crippen molar-refractivity contribution < 1.29 is 29.4 Å². The Hall–Kier alpha value is -2.69. The van der Waals surface area contributed by atoms with Gasteiger partial charge in [-0.1, -0.05) is 31.6 Å². The number of likely N-dealkylation sites (N-methyl/N-ethyl adjacent to an activating group) is 1. The lowest BCUT2D eigenvalue weighted by Crippen LogP contribution is -2.64. The molecular weight excluding hydrogens is 542 g/mol. The van der Waals surface area contributed by atoms with Crippen LogP contribution in [0.15, 0.2) is 34.3 Å². The van der Waals surface area contributed by atoms with Gasteiger partial charge in [0.1, 0.15) is 5.75 Å². The molecule has 0 heterocycles. The van der Waals surface area contributed by atoms with E-state index < -0.39 is 47.0 Å². The quantitative estimate of drug-likeness (QED) is 0.114. The van der Waals surface area contributed by atoms with Crippen LogP contribution in [0, 0.1) is 17.2 Å². The fraction of sp³-hybridized carbons (Fsp3) is 0.519. The van der Waals surface area contributed by atoms with Gasteiger partial charge in [0.25, 0.3) is 5.91 Å². The molecule has 6 unspecified atom stereocenters. The SMILES string of the molecule is CC(=CC(C)CC(C)O)CC(C)C(=O)C(C=O)(C(C(=O)C(C)N)c1ccc(O)c(Br)c1)N(C)C(=O)C=N. The third-order valence-corrected chi connectivity index (χ3v) is 7.05. The highest BCUT2D eigenvalue weighted by Gasteiger charge is 2.55. The first-order chi connectivity index (χ1) is 17.1. The normalized spacial score (nSPS) is 17.5. The zero-order valence-corrected chi connectivity index (χ0v) is 23.8. The minimum Gasteiger partial charge on any atom is -0.507 e. The van der Waals surface area contributed by atoms with Crippen LogP contribution < -0.4 is 5.73 Å². The lowest BCUT2D eigenvalue weighted by atomic mass is 9.69. The van der Waals surface area contributed by atoms with Crippen LogP contribution in [0.3, 0.4) is 0 Å². The lowest BCUT2D eigenvalue weighted by molar-refractivity contribution is -0.151. The first-order valence-corrected chi connectivity index (χ1v) is 12.8. The molecule has 37 heavy (non-hydrogen) atoms. The molecule has 1 aromatic rings. The molecule has 0 spiro atoms. The number of phenolic OH excluding ortho intramolecular Hbond substituents is 1. The van der Waals surface area contributed by atoms with Crippen LogP contribution in [0.5, 0.6) is 5.75 Å². The van der Waals surface area contributed by atoms with Gasteiger partial charge in [0, 0.05) is 13.0 Å². The fourth-order valence-corrected chi connectivity index (χ4v) is 5.11. The predicted octanol–water partition coefficient (Wildman–Crippen LogP) is 3.15. The average Bonchev–Trinajstić information content (AvgIpc) is 2.81. The van der Waals surface area contributed by atoms with Crippen LogP contribution >= 0.6 is 15.9 Å². The number of aromatic hydroxyl groups is 1. The van der Waals surface area contributed by atoms with Crippen molar-refractivity contribution in [3.05, 3.63) is 39.9 Å². The Labute approximate surface area is 226 Å². The number of nitrogens with zero attached hydrogens (tertiary/aromatic N) is 1. The van der Waals surface area contributed by atoms with Gasteiger partial charge in [0.15, 0.2) is 23.4 Å². The van der Waals surface area contributed by atoms with Gasteiger partial charge >= 0.3 is 0 Å². The summed E-state index contributed by atoms with van der Waals surface area (Å²) in [7, 11) is 1.21. The molecule has 0 saturated carbocycles. The van der Waals surface area contributed by atoms with Crippen LogP contribution in [0.25, 0.3) is 0 Å². The van der Waals surface area contributed by atoms with Crippen molar-refractivity contribution >= 4 is 45.9 Å². The van der Waals surface area contributed by atoms with Crippen LogP contribution in [-0.4, -0.2) is 69.8 Å². The maximum Gasteiger partial charge on any atom is 0.265 e. The molecule has 1 amide bonds. The van der Waals surface area contributed by atoms with Crippen molar-refractivity contribution in [1.29, 1.82) is 5.41 Å². The predicted molar refractivity (Wildman–Crippen MR) is 146 cm³/mol. The topological polar surface area (TPSA) is 162 Å². The maximum absolute atomic E-state index is 14.1. The molecule has 9 nitrogen and oxygen atoms in total. The van der Waals surface area contributed by atoms with Crippen LogP contribution in [0.4, 0.5) is 0 Å². The summed E-state index contributed by atoms with van der Waals surface area (Å²) < 4.78 is 0.222. The Morgan fingerprint density at radius 3 is 2.27 bits per heavy atom. The van der Waals surface area contributed by atoms with E-state index in [1.54, 1.807) is 13.8 Å². The van der Waals surface area contributed by atoms with Crippen molar-refractivity contribution in [3.8, 4) is 5.75 Å². The van der Waals surface area contributed by atoms with E-state index in [2.05, 4.69) is 15.9 Å². The molecule has 0 saturated heterocycles. The second-order valence-corrected chi connectivity index (χ2v) is 10.7. The molecule has 0 aromatic heterocycles. The third-order valence-electron chi connectivity index (χ3n) is 6.42. The van der Waals surface area contributed by atoms with Crippen molar-refractivity contribution in [2.24, 2.45) is 17.6 Å². The van der Waals surface area contributed by atoms with E-state index >= 15 is 0 Å². The van der Waals surface area contributed by atoms with Gasteiger partial charge in [-0.05, 0) is 73.2 Å². The maximum atomic E-state index is 14.1. The van der Waals surface area contributed by atoms with Crippen molar-refractivity contribution in [2.45, 2.75) is 71.1 Å². The molecule has 0 aliphatic heterocycles. The first kappa shape index (κ1) is 32.3. The van der Waals surface area contributed by atoms with E-state index in [1.807, 2.05) is 19.9 Å². The molecule has 0 bridgehead atoms. The number of benzene rings is 1. The number of Topliss-reactive ketones (excluding diaryl/α,β-unsaturated/α-hetero) is 2. The third kappa shape index (κ3) is 7.66. The number of phenols is 1. The Bertz CT molecular complexity index is 1050. The molecule has 6 atom stereocenters. The van der Waals surface area contributed by atoms with E-state index in [1.165, 1.54) is 32.2 Å². The molecular formula is C27H38BrN3O6. The lowest BCUT2D eigenvalue weighted by Gasteiger charge is -2.43. The largest absolute Gasteiger partial charge is 0.507 e. The van der Waals surface area contributed by atoms with Gasteiger partial charge in [-0.25, -0.2) is 0 Å². The summed E-state index contributed by atoms with van der Waals surface area (Å²) >= 11 is 3.20. The minimum absolute atomic E-state index is 0.0436. The highest BCUT2D eigenvalue weighted by molar-refractivity contribution is 9.10. The number of amides is 1. The number of aliphatic hydroxyl groups is 1. The van der Waals surface area contributed by atoms with Gasteiger partial charge in [-0.3, -0.25) is 14.4 Å². The zero-order chi connectivity index (χ0) is 28.7. The molecule has 0 aliphatic carbocycles. The second-order valence-electron chi connectivity index (χ2n) is 9.86. The molecule has 1 aromatic carbocycles. The summed E-state index contributed by atoms with van der Waals surface area (Å²) in [4.78, 5) is 54.1. The van der Waals surface area contributed by atoms with Crippen molar-refractivity contribution in [1.82, 2.24) is 4.90 Å². The van der Waals surface area contributed by atoms with Gasteiger partial charge in [0.05, 0.1) is 28.8 Å². The van der Waals surface area contributed by atoms with Gasteiger partial charge in [-0.2, -0.15) is 0 Å². The van der Waals surface area contributed by atoms with E-state index in [0.717, 1.165) is 10.5 Å². The van der Waals surface area contributed by atoms with Gasteiger partial charge < -0.3 is 31.1 Å². The molecule has 10 heteroatoms. The van der Waals surface area contributed by atoms with Crippen molar-refractivity contribution in [2.75, 3.05) is 7.05 Å². The molecule has 0 radical (unpaired) electrons. The zero-order valence-electron chi connectivity index (χ0n) is 22.2. The van der Waals surface area contributed by atoms with E-state index in [0.29, 0.717) is 12.6 Å². The molecule has 0 aliphatic rings. The minimum atomic E-state index is -2.30. The number of nitrogens with one attached hydrogen (secondary N) is 1. The highest BCUT2D eigenvalue weighted by Crippen LogP contribution is 2.39. The molecule has 1 rings (SSSR count). The summed E-state index contributed by atoms with van der Waals surface area (Å²) in [5.74, 6) is -4.66. The number of aldehydes is 1. The number of carbonyl (C=O) groups is 4.